The van der Waals surface area contributed by atoms with Crippen LogP contribution in [0.15, 0.2) is 66.8 Å². The molecule has 3 aliphatic rings. The fraction of sp³-hybridized carbons (Fsp3) is 0.310. The van der Waals surface area contributed by atoms with Gasteiger partial charge in [-0.3, -0.25) is 4.79 Å². The molecule has 0 radical (unpaired) electrons. The first-order valence-electron chi connectivity index (χ1n) is 12.5. The van der Waals surface area contributed by atoms with Crippen LogP contribution in [-0.4, -0.2) is 46.4 Å². The van der Waals surface area contributed by atoms with Crippen molar-refractivity contribution in [2.45, 2.75) is 39.3 Å². The number of nitrogens with one attached hydrogen (secondary N) is 1. The molecule has 2 aliphatic heterocycles. The monoisotopic (exact) mass is 500 g/mol. The minimum Gasteiger partial charge on any atom is -0.454 e. The number of nitrogens with zero attached hydrogens (tertiary/aromatic N) is 2. The molecule has 1 atom stereocenters. The van der Waals surface area contributed by atoms with E-state index in [4.69, 9.17) is 9.47 Å². The molecule has 0 saturated heterocycles. The second-order valence-electron chi connectivity index (χ2n) is 9.41. The van der Waals surface area contributed by atoms with Crippen molar-refractivity contribution in [2.75, 3.05) is 13.3 Å². The van der Waals surface area contributed by atoms with E-state index in [0.717, 1.165) is 16.7 Å². The van der Waals surface area contributed by atoms with Crippen LogP contribution in [-0.2, 0) is 22.7 Å². The van der Waals surface area contributed by atoms with Crippen molar-refractivity contribution in [3.63, 3.8) is 0 Å². The summed E-state index contributed by atoms with van der Waals surface area (Å²) in [5, 5.41) is 2.91. The quantitative estimate of drug-likeness (QED) is 0.417. The number of allylic oxidation sites excluding steroid dienone is 3. The van der Waals surface area contributed by atoms with Crippen LogP contribution < -0.4 is 14.8 Å². The van der Waals surface area contributed by atoms with Crippen molar-refractivity contribution < 1.29 is 28.4 Å². The number of aryl methyl sites for hydroxylation is 1. The van der Waals surface area contributed by atoms with E-state index in [1.165, 1.54) is 4.90 Å². The third kappa shape index (κ3) is 5.48. The molecule has 2 heterocycles. The number of amides is 4. The predicted molar refractivity (Wildman–Crippen MR) is 137 cm³/mol. The standard InChI is InChI=1S/C29H29N3O5/c1-20-9-11-21(12-10-20)18-32-24-7-3-2-6-23(24)28(34)31(29(32)35)15-5-4-8-27(33)30-17-22-13-14-25-26(16-22)37-19-36-25/h2-3,6-7,9-14,16,23H,4-5,8,15,17-19H2,1H3/p+1. The number of carbonyl (C=O) groups is 3. The second-order valence-corrected chi connectivity index (χ2v) is 9.41. The van der Waals surface area contributed by atoms with Gasteiger partial charge in [0, 0.05) is 13.0 Å². The molecular weight excluding hydrogens is 470 g/mol. The molecule has 0 fully saturated rings. The second kappa shape index (κ2) is 10.8. The van der Waals surface area contributed by atoms with E-state index < -0.39 is 5.92 Å². The summed E-state index contributed by atoms with van der Waals surface area (Å²) in [5.41, 5.74) is 3.78. The summed E-state index contributed by atoms with van der Waals surface area (Å²) in [7, 11) is 0. The highest BCUT2D eigenvalue weighted by molar-refractivity contribution is 6.16. The highest BCUT2D eigenvalue weighted by Crippen LogP contribution is 2.32. The lowest BCUT2D eigenvalue weighted by Crippen LogP contribution is -2.54. The SMILES string of the molecule is Cc1ccc(C[N+]2=C3C=CC=CC3C(=O)N(CCCCC(=O)NCc3ccc4c(c3)OCO4)C2=O)cc1. The number of imide groups is 1. The third-order valence-electron chi connectivity index (χ3n) is 6.73. The van der Waals surface area contributed by atoms with E-state index in [2.05, 4.69) is 5.32 Å². The summed E-state index contributed by atoms with van der Waals surface area (Å²) in [6, 6.07) is 13.3. The molecule has 8 nitrogen and oxygen atoms in total. The van der Waals surface area contributed by atoms with Gasteiger partial charge in [0.1, 0.15) is 18.2 Å². The van der Waals surface area contributed by atoms with Crippen LogP contribution in [0.1, 0.15) is 36.0 Å². The summed E-state index contributed by atoms with van der Waals surface area (Å²) in [5.74, 6) is 0.624. The Morgan fingerprint density at radius 2 is 1.81 bits per heavy atom. The summed E-state index contributed by atoms with van der Waals surface area (Å²) < 4.78 is 12.4. The molecule has 37 heavy (non-hydrogen) atoms. The molecule has 2 aromatic rings. The van der Waals surface area contributed by atoms with Gasteiger partial charge in [0.2, 0.25) is 12.7 Å². The van der Waals surface area contributed by atoms with E-state index in [0.29, 0.717) is 49.6 Å². The lowest BCUT2D eigenvalue weighted by atomic mass is 9.94. The van der Waals surface area contributed by atoms with Crippen molar-refractivity contribution in [3.05, 3.63) is 83.5 Å². The van der Waals surface area contributed by atoms with E-state index in [1.807, 2.05) is 73.7 Å². The first-order chi connectivity index (χ1) is 18.0. The summed E-state index contributed by atoms with van der Waals surface area (Å²) in [6.45, 7) is 3.30. The number of carbonyl (C=O) groups excluding carboxylic acids is 3. The number of benzene rings is 2. The molecule has 0 bridgehead atoms. The largest absolute Gasteiger partial charge is 0.501 e. The van der Waals surface area contributed by atoms with Gasteiger partial charge >= 0.3 is 11.9 Å². The van der Waals surface area contributed by atoms with Gasteiger partial charge in [-0.1, -0.05) is 54.1 Å². The molecule has 1 aliphatic carbocycles. The smallest absolute Gasteiger partial charge is 0.454 e. The molecule has 1 N–H and O–H groups in total. The van der Waals surface area contributed by atoms with Crippen LogP contribution >= 0.6 is 0 Å². The average Bonchev–Trinajstić information content (AvgIpc) is 3.38. The first kappa shape index (κ1) is 24.5. The number of ether oxygens (including phenoxy) is 2. The molecule has 2 aromatic carbocycles. The van der Waals surface area contributed by atoms with Crippen LogP contribution in [0.3, 0.4) is 0 Å². The molecule has 8 heteroatoms. The zero-order valence-electron chi connectivity index (χ0n) is 20.8. The maximum absolute atomic E-state index is 13.4. The fourth-order valence-corrected chi connectivity index (χ4v) is 4.65. The van der Waals surface area contributed by atoms with E-state index in [-0.39, 0.29) is 31.2 Å². The Morgan fingerprint density at radius 3 is 2.65 bits per heavy atom. The van der Waals surface area contributed by atoms with Crippen LogP contribution in [0.25, 0.3) is 0 Å². The van der Waals surface area contributed by atoms with E-state index in [1.54, 1.807) is 4.58 Å². The molecule has 4 amide bonds. The van der Waals surface area contributed by atoms with Gasteiger partial charge in [0.25, 0.3) is 0 Å². The van der Waals surface area contributed by atoms with Gasteiger partial charge in [0.05, 0.1) is 6.54 Å². The maximum atomic E-state index is 13.4. The zero-order chi connectivity index (χ0) is 25.8. The number of hydrogen-bond donors (Lipinski definition) is 1. The summed E-state index contributed by atoms with van der Waals surface area (Å²) in [6.07, 6.45) is 8.81. The van der Waals surface area contributed by atoms with Crippen molar-refractivity contribution in [1.82, 2.24) is 10.2 Å². The van der Waals surface area contributed by atoms with Crippen molar-refractivity contribution in [2.24, 2.45) is 5.92 Å². The number of urea groups is 1. The Labute approximate surface area is 215 Å². The number of unbranched alkanes of at least 4 members (excludes halogenated alkanes) is 1. The lowest BCUT2D eigenvalue weighted by molar-refractivity contribution is -0.456. The normalized spacial score (nSPS) is 17.9. The van der Waals surface area contributed by atoms with Crippen LogP contribution in [0.2, 0.25) is 0 Å². The Bertz CT molecular complexity index is 1310. The first-order valence-corrected chi connectivity index (χ1v) is 12.5. The zero-order valence-corrected chi connectivity index (χ0v) is 20.8. The Morgan fingerprint density at radius 1 is 1.03 bits per heavy atom. The molecule has 5 rings (SSSR count). The van der Waals surface area contributed by atoms with Crippen molar-refractivity contribution >= 4 is 23.6 Å². The molecular formula is C29H30N3O5+. The highest BCUT2D eigenvalue weighted by atomic mass is 16.7. The lowest BCUT2D eigenvalue weighted by Gasteiger charge is -2.27. The van der Waals surface area contributed by atoms with Gasteiger partial charge < -0.3 is 14.8 Å². The topological polar surface area (TPSA) is 88.0 Å². The van der Waals surface area contributed by atoms with Gasteiger partial charge in [-0.25, -0.2) is 4.79 Å². The Kier molecular flexibility index (Phi) is 7.16. The molecule has 0 spiro atoms. The van der Waals surface area contributed by atoms with Crippen LogP contribution in [0.4, 0.5) is 4.79 Å². The fourth-order valence-electron chi connectivity index (χ4n) is 4.65. The molecule has 1 unspecified atom stereocenters. The Hall–Kier alpha value is -4.20. The van der Waals surface area contributed by atoms with Crippen LogP contribution in [0.5, 0.6) is 11.5 Å². The minimum absolute atomic E-state index is 0.0778. The van der Waals surface area contributed by atoms with E-state index >= 15 is 0 Å². The minimum atomic E-state index is -0.474. The Balaban J connectivity index is 1.15. The molecule has 0 saturated carbocycles. The summed E-state index contributed by atoms with van der Waals surface area (Å²) in [4.78, 5) is 40.2. The molecule has 0 aromatic heterocycles. The van der Waals surface area contributed by atoms with Crippen LogP contribution in [0, 0.1) is 12.8 Å². The van der Waals surface area contributed by atoms with Gasteiger partial charge in [-0.15, -0.1) is 0 Å². The van der Waals surface area contributed by atoms with Gasteiger partial charge in [-0.05, 0) is 49.1 Å². The molecule has 190 valence electrons. The van der Waals surface area contributed by atoms with Gasteiger partial charge in [-0.2, -0.15) is 14.3 Å². The third-order valence-corrected chi connectivity index (χ3v) is 6.73. The predicted octanol–water partition coefficient (Wildman–Crippen LogP) is 3.87. The van der Waals surface area contributed by atoms with Crippen molar-refractivity contribution in [1.29, 1.82) is 0 Å². The summed E-state index contributed by atoms with van der Waals surface area (Å²) >= 11 is 0. The average molecular weight is 501 g/mol. The number of fused-ring (bicyclic) bond motifs is 2. The van der Waals surface area contributed by atoms with Crippen molar-refractivity contribution in [3.8, 4) is 11.5 Å². The highest BCUT2D eigenvalue weighted by Gasteiger charge is 2.46. The van der Waals surface area contributed by atoms with Gasteiger partial charge in [0.15, 0.2) is 11.5 Å². The maximum Gasteiger partial charge on any atom is 0.501 e. The number of hydrogen-bond acceptors (Lipinski definition) is 5. The number of rotatable bonds is 9. The van der Waals surface area contributed by atoms with E-state index in [9.17, 15) is 14.4 Å².